The monoisotopic (exact) mass is 373 g/mol. The van der Waals surface area contributed by atoms with Crippen molar-refractivity contribution in [3.05, 3.63) is 35.2 Å². The first-order valence-electron chi connectivity index (χ1n) is 8.79. The van der Waals surface area contributed by atoms with Gasteiger partial charge >= 0.3 is 5.97 Å². The number of amides is 1. The largest absolute Gasteiger partial charge is 0.481 e. The van der Waals surface area contributed by atoms with Crippen LogP contribution in [0.1, 0.15) is 24.8 Å². The van der Waals surface area contributed by atoms with Crippen LogP contribution in [0.5, 0.6) is 0 Å². The fourth-order valence-corrected chi connectivity index (χ4v) is 3.89. The number of nitrogens with one attached hydrogen (secondary N) is 1. The Bertz CT molecular complexity index is 767. The van der Waals surface area contributed by atoms with Crippen LogP contribution in [0.25, 0.3) is 11.3 Å². The molecule has 6 nitrogen and oxygen atoms in total. The summed E-state index contributed by atoms with van der Waals surface area (Å²) >= 11 is 1.46. The van der Waals surface area contributed by atoms with Gasteiger partial charge in [0.05, 0.1) is 5.69 Å². The van der Waals surface area contributed by atoms with Gasteiger partial charge in [-0.25, -0.2) is 4.98 Å². The molecule has 26 heavy (non-hydrogen) atoms. The molecule has 0 spiro atoms. The quantitative estimate of drug-likeness (QED) is 0.814. The van der Waals surface area contributed by atoms with Gasteiger partial charge < -0.3 is 10.4 Å². The van der Waals surface area contributed by atoms with Gasteiger partial charge in [0.2, 0.25) is 5.91 Å². The Morgan fingerprint density at radius 1 is 1.27 bits per heavy atom. The maximum atomic E-state index is 12.6. The van der Waals surface area contributed by atoms with Crippen molar-refractivity contribution in [1.29, 1.82) is 0 Å². The van der Waals surface area contributed by atoms with Gasteiger partial charge in [-0.3, -0.25) is 14.5 Å². The van der Waals surface area contributed by atoms with Gasteiger partial charge in [-0.2, -0.15) is 0 Å². The maximum absolute atomic E-state index is 12.6. The van der Waals surface area contributed by atoms with Crippen molar-refractivity contribution in [2.75, 3.05) is 25.0 Å². The van der Waals surface area contributed by atoms with Crippen molar-refractivity contribution in [2.24, 2.45) is 5.92 Å². The van der Waals surface area contributed by atoms with Gasteiger partial charge in [-0.1, -0.05) is 24.3 Å². The van der Waals surface area contributed by atoms with E-state index < -0.39 is 5.97 Å². The summed E-state index contributed by atoms with van der Waals surface area (Å²) in [5, 5.41) is 14.7. The molecule has 0 atom stereocenters. The molecule has 0 unspecified atom stereocenters. The summed E-state index contributed by atoms with van der Waals surface area (Å²) in [6, 6.07) is 7.76. The Hall–Kier alpha value is -2.25. The first-order valence-corrected chi connectivity index (χ1v) is 9.67. The highest BCUT2D eigenvalue weighted by molar-refractivity contribution is 7.14. The Labute approximate surface area is 156 Å². The van der Waals surface area contributed by atoms with Crippen molar-refractivity contribution in [3.8, 4) is 11.3 Å². The summed E-state index contributed by atoms with van der Waals surface area (Å²) in [6.45, 7) is 1.78. The van der Waals surface area contributed by atoms with Gasteiger partial charge in [-0.15, -0.1) is 11.3 Å². The second kappa shape index (κ2) is 8.42. The SMILES string of the molecule is CN(C(=O)C1CCNCC1)c1nc(-c2ccc(CCC(=O)O)cc2)cs1. The Balaban J connectivity index is 1.66. The lowest BCUT2D eigenvalue weighted by Gasteiger charge is -2.25. The van der Waals surface area contributed by atoms with Gasteiger partial charge in [-0.05, 0) is 37.9 Å². The number of aryl methyl sites for hydroxylation is 1. The second-order valence-corrected chi connectivity index (χ2v) is 7.36. The number of carboxylic acid groups (broad SMARTS) is 1. The average molecular weight is 373 g/mol. The third-order valence-electron chi connectivity index (χ3n) is 4.68. The van der Waals surface area contributed by atoms with E-state index in [0.717, 1.165) is 42.8 Å². The molecule has 138 valence electrons. The number of benzene rings is 1. The molecule has 0 aliphatic carbocycles. The van der Waals surface area contributed by atoms with E-state index in [-0.39, 0.29) is 18.2 Å². The van der Waals surface area contributed by atoms with Crippen LogP contribution in [-0.2, 0) is 16.0 Å². The molecule has 1 aliphatic rings. The molecule has 1 saturated heterocycles. The molecule has 1 aliphatic heterocycles. The Morgan fingerprint density at radius 3 is 2.62 bits per heavy atom. The van der Waals surface area contributed by atoms with Gasteiger partial charge in [0.15, 0.2) is 5.13 Å². The summed E-state index contributed by atoms with van der Waals surface area (Å²) in [6.07, 6.45) is 2.40. The molecule has 0 bridgehead atoms. The van der Waals surface area contributed by atoms with E-state index >= 15 is 0 Å². The molecule has 2 N–H and O–H groups in total. The summed E-state index contributed by atoms with van der Waals surface area (Å²) in [4.78, 5) is 29.6. The molecule has 0 saturated carbocycles. The predicted molar refractivity (Wildman–Crippen MR) is 103 cm³/mol. The van der Waals surface area contributed by atoms with Gasteiger partial charge in [0, 0.05) is 30.3 Å². The number of anilines is 1. The number of hydrogen-bond acceptors (Lipinski definition) is 5. The minimum absolute atomic E-state index is 0.0714. The van der Waals surface area contributed by atoms with E-state index in [9.17, 15) is 9.59 Å². The van der Waals surface area contributed by atoms with Crippen LogP contribution in [0.4, 0.5) is 5.13 Å². The van der Waals surface area contributed by atoms with E-state index in [2.05, 4.69) is 10.3 Å². The number of carbonyl (C=O) groups is 2. The highest BCUT2D eigenvalue weighted by Crippen LogP contribution is 2.29. The summed E-state index contributed by atoms with van der Waals surface area (Å²) in [5.41, 5.74) is 2.79. The van der Waals surface area contributed by atoms with Crippen molar-refractivity contribution >= 4 is 28.3 Å². The Morgan fingerprint density at radius 2 is 1.96 bits per heavy atom. The number of aliphatic carboxylic acids is 1. The lowest BCUT2D eigenvalue weighted by atomic mass is 9.97. The van der Waals surface area contributed by atoms with E-state index in [1.807, 2.05) is 29.6 Å². The number of carbonyl (C=O) groups excluding carboxylic acids is 1. The standard InChI is InChI=1S/C19H23N3O3S/c1-22(18(25)15-8-10-20-11-9-15)19-21-16(12-26-19)14-5-2-13(3-6-14)4-7-17(23)24/h2-3,5-6,12,15,20H,4,7-11H2,1H3,(H,23,24). The molecule has 1 aromatic heterocycles. The van der Waals surface area contributed by atoms with Crippen molar-refractivity contribution in [1.82, 2.24) is 10.3 Å². The van der Waals surface area contributed by atoms with Crippen LogP contribution in [0.2, 0.25) is 0 Å². The molecule has 1 aromatic carbocycles. The van der Waals surface area contributed by atoms with E-state index in [4.69, 9.17) is 5.11 Å². The van der Waals surface area contributed by atoms with Crippen LogP contribution in [-0.4, -0.2) is 42.1 Å². The molecular formula is C19H23N3O3S. The second-order valence-electron chi connectivity index (χ2n) is 6.53. The van der Waals surface area contributed by atoms with E-state index in [1.165, 1.54) is 11.3 Å². The number of aromatic nitrogens is 1. The number of hydrogen-bond donors (Lipinski definition) is 2. The fraction of sp³-hybridized carbons (Fsp3) is 0.421. The fourth-order valence-electron chi connectivity index (χ4n) is 3.08. The third-order valence-corrected chi connectivity index (χ3v) is 5.59. The zero-order valence-corrected chi connectivity index (χ0v) is 15.6. The predicted octanol–water partition coefficient (Wildman–Crippen LogP) is 2.79. The van der Waals surface area contributed by atoms with Crippen molar-refractivity contribution in [3.63, 3.8) is 0 Å². The summed E-state index contributed by atoms with van der Waals surface area (Å²) < 4.78 is 0. The van der Waals surface area contributed by atoms with E-state index in [1.54, 1.807) is 11.9 Å². The smallest absolute Gasteiger partial charge is 0.303 e. The van der Waals surface area contributed by atoms with Gasteiger partial charge in [0.1, 0.15) is 0 Å². The number of rotatable bonds is 6. The molecule has 7 heteroatoms. The van der Waals surface area contributed by atoms with Crippen LogP contribution in [0.3, 0.4) is 0 Å². The zero-order valence-electron chi connectivity index (χ0n) is 14.8. The highest BCUT2D eigenvalue weighted by Gasteiger charge is 2.26. The van der Waals surface area contributed by atoms with Crippen LogP contribution >= 0.6 is 11.3 Å². The van der Waals surface area contributed by atoms with Gasteiger partial charge in [0.25, 0.3) is 0 Å². The average Bonchev–Trinajstić information content (AvgIpc) is 3.16. The summed E-state index contributed by atoms with van der Waals surface area (Å²) in [7, 11) is 1.79. The van der Waals surface area contributed by atoms with Crippen LogP contribution in [0.15, 0.2) is 29.6 Å². The molecule has 1 amide bonds. The first-order chi connectivity index (χ1) is 12.5. The number of nitrogens with zero attached hydrogens (tertiary/aromatic N) is 2. The highest BCUT2D eigenvalue weighted by atomic mass is 32.1. The zero-order chi connectivity index (χ0) is 18.5. The molecule has 1 fully saturated rings. The minimum atomic E-state index is -0.792. The topological polar surface area (TPSA) is 82.5 Å². The normalized spacial score (nSPS) is 15.0. The molecular weight excluding hydrogens is 350 g/mol. The molecule has 2 aromatic rings. The number of carboxylic acids is 1. The molecule has 2 heterocycles. The number of thiazole rings is 1. The van der Waals surface area contributed by atoms with Crippen LogP contribution in [0, 0.1) is 5.92 Å². The maximum Gasteiger partial charge on any atom is 0.303 e. The van der Waals surface area contributed by atoms with Crippen molar-refractivity contribution < 1.29 is 14.7 Å². The lowest BCUT2D eigenvalue weighted by Crippen LogP contribution is -2.39. The lowest BCUT2D eigenvalue weighted by molar-refractivity contribution is -0.137. The van der Waals surface area contributed by atoms with E-state index in [0.29, 0.717) is 11.6 Å². The third kappa shape index (κ3) is 4.47. The molecule has 0 radical (unpaired) electrons. The van der Waals surface area contributed by atoms with Crippen LogP contribution < -0.4 is 10.2 Å². The Kier molecular flexibility index (Phi) is 6.00. The minimum Gasteiger partial charge on any atom is -0.481 e. The first kappa shape index (κ1) is 18.5. The van der Waals surface area contributed by atoms with Crippen molar-refractivity contribution in [2.45, 2.75) is 25.7 Å². The summed E-state index contributed by atoms with van der Waals surface area (Å²) in [5.74, 6) is -0.585. The molecule has 3 rings (SSSR count). The number of piperidine rings is 1.